The molecule has 0 radical (unpaired) electrons. The van der Waals surface area contributed by atoms with Crippen molar-refractivity contribution in [3.63, 3.8) is 0 Å². The van der Waals surface area contributed by atoms with Gasteiger partial charge >= 0.3 is 6.03 Å². The third kappa shape index (κ3) is 4.47. The van der Waals surface area contributed by atoms with Crippen LogP contribution >= 0.6 is 0 Å². The van der Waals surface area contributed by atoms with Gasteiger partial charge in [-0.3, -0.25) is 0 Å². The molecule has 0 atom stereocenters. The lowest BCUT2D eigenvalue weighted by molar-refractivity contribution is 0.0765. The van der Waals surface area contributed by atoms with Crippen LogP contribution in [0.1, 0.15) is 50.1 Å². The summed E-state index contributed by atoms with van der Waals surface area (Å²) < 4.78 is 13.1. The third-order valence-corrected chi connectivity index (χ3v) is 6.23. The fourth-order valence-corrected chi connectivity index (χ4v) is 4.15. The number of nitrogens with one attached hydrogen (secondary N) is 1. The Labute approximate surface area is 170 Å². The molecule has 2 aromatic rings. The number of rotatable bonds is 5. The molecule has 0 bridgehead atoms. The lowest BCUT2D eigenvalue weighted by atomic mass is 9.98. The molecule has 0 aromatic carbocycles. The van der Waals surface area contributed by atoms with Gasteiger partial charge in [-0.05, 0) is 50.5 Å². The molecule has 1 saturated carbocycles. The van der Waals surface area contributed by atoms with E-state index in [1.54, 1.807) is 0 Å². The van der Waals surface area contributed by atoms with Gasteiger partial charge in [-0.25, -0.2) is 14.3 Å². The average molecular weight is 399 g/mol. The standard InChI is InChI=1S/C21H29N5O3/c27-21(22-17-7-11-28-12-8-17)25-9-5-15(6-10-25)14-29-20-4-3-19-23-18(16-1-2-16)13-26(19)24-20/h3-4,13,15-17H,1-2,5-12,14H2,(H,22,27). The molecule has 8 nitrogen and oxygen atoms in total. The van der Waals surface area contributed by atoms with E-state index in [2.05, 4.69) is 15.4 Å². The van der Waals surface area contributed by atoms with E-state index in [0.29, 0.717) is 24.3 Å². The summed E-state index contributed by atoms with van der Waals surface area (Å²) in [6, 6.07) is 4.18. The Bertz CT molecular complexity index is 851. The zero-order valence-corrected chi connectivity index (χ0v) is 16.8. The minimum absolute atomic E-state index is 0.0648. The number of carbonyl (C=O) groups excluding carboxylic acids is 1. The highest BCUT2D eigenvalue weighted by Gasteiger charge is 2.27. The van der Waals surface area contributed by atoms with Gasteiger partial charge in [0.15, 0.2) is 5.65 Å². The maximum absolute atomic E-state index is 12.5. The van der Waals surface area contributed by atoms with Gasteiger partial charge < -0.3 is 19.7 Å². The number of carbonyl (C=O) groups is 1. The summed E-state index contributed by atoms with van der Waals surface area (Å²) >= 11 is 0. The van der Waals surface area contributed by atoms with Crippen LogP contribution < -0.4 is 10.1 Å². The van der Waals surface area contributed by atoms with Crippen molar-refractivity contribution in [1.29, 1.82) is 0 Å². The molecule has 156 valence electrons. The first-order valence-electron chi connectivity index (χ1n) is 10.9. The number of hydrogen-bond donors (Lipinski definition) is 1. The number of nitrogens with zero attached hydrogens (tertiary/aromatic N) is 4. The highest BCUT2D eigenvalue weighted by molar-refractivity contribution is 5.74. The number of ether oxygens (including phenoxy) is 2. The third-order valence-electron chi connectivity index (χ3n) is 6.23. The molecule has 4 heterocycles. The Morgan fingerprint density at radius 2 is 1.93 bits per heavy atom. The van der Waals surface area contributed by atoms with Crippen LogP contribution in [0, 0.1) is 5.92 Å². The monoisotopic (exact) mass is 399 g/mol. The van der Waals surface area contributed by atoms with E-state index >= 15 is 0 Å². The Hall–Kier alpha value is -2.35. The number of amides is 2. The molecular formula is C21H29N5O3. The second-order valence-corrected chi connectivity index (χ2v) is 8.49. The predicted molar refractivity (Wildman–Crippen MR) is 107 cm³/mol. The van der Waals surface area contributed by atoms with E-state index < -0.39 is 0 Å². The number of urea groups is 1. The summed E-state index contributed by atoms with van der Waals surface area (Å²) in [7, 11) is 0. The average Bonchev–Trinajstić information content (AvgIpc) is 3.52. The molecule has 1 N–H and O–H groups in total. The molecule has 8 heteroatoms. The Balaban J connectivity index is 1.08. The fraction of sp³-hybridized carbons (Fsp3) is 0.667. The Morgan fingerprint density at radius 3 is 2.69 bits per heavy atom. The van der Waals surface area contributed by atoms with Crippen molar-refractivity contribution in [2.75, 3.05) is 32.9 Å². The van der Waals surface area contributed by atoms with Gasteiger partial charge in [0.2, 0.25) is 5.88 Å². The molecule has 1 aliphatic carbocycles. The van der Waals surface area contributed by atoms with Gasteiger partial charge in [0.1, 0.15) is 0 Å². The number of fused-ring (bicyclic) bond motifs is 1. The van der Waals surface area contributed by atoms with Crippen LogP contribution in [0.4, 0.5) is 4.79 Å². The van der Waals surface area contributed by atoms with Gasteiger partial charge in [-0.15, -0.1) is 5.10 Å². The lowest BCUT2D eigenvalue weighted by Gasteiger charge is -2.33. The molecule has 3 fully saturated rings. The van der Waals surface area contributed by atoms with Crippen LogP contribution in [-0.2, 0) is 4.74 Å². The molecule has 2 aliphatic heterocycles. The van der Waals surface area contributed by atoms with E-state index in [1.807, 2.05) is 27.7 Å². The summed E-state index contributed by atoms with van der Waals surface area (Å²) in [4.78, 5) is 19.0. The van der Waals surface area contributed by atoms with Gasteiger partial charge in [-0.2, -0.15) is 0 Å². The van der Waals surface area contributed by atoms with Crippen LogP contribution in [0.25, 0.3) is 5.65 Å². The van der Waals surface area contributed by atoms with Crippen molar-refractivity contribution >= 4 is 11.7 Å². The largest absolute Gasteiger partial charge is 0.476 e. The van der Waals surface area contributed by atoms with Gasteiger partial charge in [0.05, 0.1) is 18.5 Å². The van der Waals surface area contributed by atoms with Crippen LogP contribution in [0.3, 0.4) is 0 Å². The van der Waals surface area contributed by atoms with E-state index in [4.69, 9.17) is 9.47 Å². The van der Waals surface area contributed by atoms with E-state index in [1.165, 1.54) is 12.8 Å². The summed E-state index contributed by atoms with van der Waals surface area (Å²) in [5.41, 5.74) is 2.02. The van der Waals surface area contributed by atoms with Crippen molar-refractivity contribution in [3.05, 3.63) is 24.0 Å². The number of likely N-dealkylation sites (tertiary alicyclic amines) is 1. The zero-order chi connectivity index (χ0) is 19.6. The SMILES string of the molecule is O=C(NC1CCOCC1)N1CCC(COc2ccc3nc(C4CC4)cn3n2)CC1. The molecule has 0 unspecified atom stereocenters. The summed E-state index contributed by atoms with van der Waals surface area (Å²) in [5.74, 6) is 1.70. The van der Waals surface area contributed by atoms with Crippen LogP contribution in [0.5, 0.6) is 5.88 Å². The number of aromatic nitrogens is 3. The van der Waals surface area contributed by atoms with Crippen LogP contribution in [-0.4, -0.2) is 64.5 Å². The second kappa shape index (κ2) is 8.18. The molecule has 29 heavy (non-hydrogen) atoms. The Morgan fingerprint density at radius 1 is 1.14 bits per heavy atom. The predicted octanol–water partition coefficient (Wildman–Crippen LogP) is 2.59. The lowest BCUT2D eigenvalue weighted by Crippen LogP contribution is -2.49. The summed E-state index contributed by atoms with van der Waals surface area (Å²) in [6.07, 6.45) is 8.23. The second-order valence-electron chi connectivity index (χ2n) is 8.49. The summed E-state index contributed by atoms with van der Waals surface area (Å²) in [5, 5.41) is 7.70. The first kappa shape index (κ1) is 18.7. The van der Waals surface area contributed by atoms with Crippen molar-refractivity contribution < 1.29 is 14.3 Å². The maximum Gasteiger partial charge on any atom is 0.317 e. The highest BCUT2D eigenvalue weighted by atomic mass is 16.5. The first-order chi connectivity index (χ1) is 14.2. The van der Waals surface area contributed by atoms with E-state index in [0.717, 1.165) is 63.3 Å². The Kier molecular flexibility index (Phi) is 5.26. The number of imidazole rings is 1. The van der Waals surface area contributed by atoms with Crippen molar-refractivity contribution in [1.82, 2.24) is 24.8 Å². The first-order valence-corrected chi connectivity index (χ1v) is 10.9. The van der Waals surface area contributed by atoms with Gasteiger partial charge in [0, 0.05) is 44.3 Å². The highest BCUT2D eigenvalue weighted by Crippen LogP contribution is 2.39. The maximum atomic E-state index is 12.5. The molecule has 2 saturated heterocycles. The summed E-state index contributed by atoms with van der Waals surface area (Å²) in [6.45, 7) is 3.68. The van der Waals surface area contributed by atoms with Crippen LogP contribution in [0.2, 0.25) is 0 Å². The normalized spacial score (nSPS) is 21.4. The van der Waals surface area contributed by atoms with Crippen molar-refractivity contribution in [2.24, 2.45) is 5.92 Å². The van der Waals surface area contributed by atoms with Crippen molar-refractivity contribution in [2.45, 2.75) is 50.5 Å². The molecular weight excluding hydrogens is 370 g/mol. The quantitative estimate of drug-likeness (QED) is 0.836. The molecule has 5 rings (SSSR count). The molecule has 3 aliphatic rings. The number of piperidine rings is 1. The topological polar surface area (TPSA) is 81.0 Å². The van der Waals surface area contributed by atoms with Gasteiger partial charge in [-0.1, -0.05) is 0 Å². The minimum atomic E-state index is 0.0648. The fourth-order valence-electron chi connectivity index (χ4n) is 4.15. The van der Waals surface area contributed by atoms with E-state index in [-0.39, 0.29) is 12.1 Å². The molecule has 2 aromatic heterocycles. The number of hydrogen-bond acceptors (Lipinski definition) is 5. The molecule has 0 spiro atoms. The minimum Gasteiger partial charge on any atom is -0.476 e. The molecule has 2 amide bonds. The van der Waals surface area contributed by atoms with E-state index in [9.17, 15) is 4.79 Å². The van der Waals surface area contributed by atoms with Gasteiger partial charge in [0.25, 0.3) is 0 Å². The smallest absolute Gasteiger partial charge is 0.317 e. The van der Waals surface area contributed by atoms with Crippen molar-refractivity contribution in [3.8, 4) is 5.88 Å². The zero-order valence-electron chi connectivity index (χ0n) is 16.8. The van der Waals surface area contributed by atoms with Crippen LogP contribution in [0.15, 0.2) is 18.3 Å².